The number of quaternary nitrogens is 1. The van der Waals surface area contributed by atoms with Crippen molar-refractivity contribution in [1.82, 2.24) is 4.98 Å². The quantitative estimate of drug-likeness (QED) is 0.411. The molecule has 0 fully saturated rings. The normalized spacial score (nSPS) is 11.7. The van der Waals surface area contributed by atoms with Gasteiger partial charge in [-0.1, -0.05) is 23.5 Å². The lowest BCUT2D eigenvalue weighted by molar-refractivity contribution is -0.868. The van der Waals surface area contributed by atoms with Crippen LogP contribution in [0.15, 0.2) is 58.8 Å². The van der Waals surface area contributed by atoms with Gasteiger partial charge in [-0.15, -0.1) is 10.2 Å². The van der Waals surface area contributed by atoms with Crippen LogP contribution in [0.25, 0.3) is 10.2 Å². The topological polar surface area (TPSA) is 40.9 Å². The Labute approximate surface area is 175 Å². The minimum Gasteiger partial charge on any atom is -1.00 e. The van der Waals surface area contributed by atoms with Gasteiger partial charge in [0.2, 0.25) is 5.13 Å². The minimum absolute atomic E-state index is 0. The first kappa shape index (κ1) is 21.5. The molecular formula is C20H26BrN5S. The fourth-order valence-electron chi connectivity index (χ4n) is 2.62. The first-order chi connectivity index (χ1) is 12.4. The molecular weight excluding hydrogens is 422 g/mol. The van der Waals surface area contributed by atoms with Crippen LogP contribution in [0.2, 0.25) is 0 Å². The average molecular weight is 448 g/mol. The fourth-order valence-corrected chi connectivity index (χ4v) is 3.41. The van der Waals surface area contributed by atoms with E-state index >= 15 is 0 Å². The number of azo groups is 1. The second-order valence-corrected chi connectivity index (χ2v) is 8.28. The van der Waals surface area contributed by atoms with Crippen molar-refractivity contribution in [2.24, 2.45) is 10.2 Å². The van der Waals surface area contributed by atoms with Crippen molar-refractivity contribution in [2.45, 2.75) is 6.92 Å². The van der Waals surface area contributed by atoms with Crippen molar-refractivity contribution in [2.75, 3.05) is 45.7 Å². The third kappa shape index (κ3) is 6.09. The number of rotatable bonds is 7. The Morgan fingerprint density at radius 1 is 1.00 bits per heavy atom. The zero-order valence-corrected chi connectivity index (χ0v) is 18.7. The van der Waals surface area contributed by atoms with Gasteiger partial charge in [0.15, 0.2) is 0 Å². The van der Waals surface area contributed by atoms with E-state index in [4.69, 9.17) is 0 Å². The molecule has 0 aliphatic rings. The van der Waals surface area contributed by atoms with Gasteiger partial charge < -0.3 is 26.4 Å². The Bertz CT molecular complexity index is 850. The molecule has 1 aromatic heterocycles. The molecule has 1 heterocycles. The van der Waals surface area contributed by atoms with E-state index in [1.807, 2.05) is 30.3 Å². The highest BCUT2D eigenvalue weighted by Gasteiger charge is 2.11. The first-order valence-electron chi connectivity index (χ1n) is 8.87. The number of halogens is 1. The van der Waals surface area contributed by atoms with Crippen molar-refractivity contribution in [3.8, 4) is 0 Å². The highest BCUT2D eigenvalue weighted by atomic mass is 79.9. The molecule has 3 rings (SSSR count). The third-order valence-electron chi connectivity index (χ3n) is 4.17. The van der Waals surface area contributed by atoms with Crippen molar-refractivity contribution >= 4 is 38.1 Å². The van der Waals surface area contributed by atoms with Crippen LogP contribution in [0.3, 0.4) is 0 Å². The summed E-state index contributed by atoms with van der Waals surface area (Å²) < 4.78 is 2.10. The van der Waals surface area contributed by atoms with Gasteiger partial charge in [-0.3, -0.25) is 0 Å². The maximum Gasteiger partial charge on any atom is 0.231 e. The zero-order valence-electron chi connectivity index (χ0n) is 16.3. The van der Waals surface area contributed by atoms with Crippen molar-refractivity contribution < 1.29 is 21.5 Å². The number of hydrogen-bond acceptors (Lipinski definition) is 5. The Morgan fingerprint density at radius 3 is 2.33 bits per heavy atom. The van der Waals surface area contributed by atoms with Crippen LogP contribution in [0.4, 0.5) is 16.5 Å². The number of fused-ring (bicyclic) bond motifs is 1. The van der Waals surface area contributed by atoms with E-state index in [-0.39, 0.29) is 17.0 Å². The molecule has 3 aromatic rings. The highest BCUT2D eigenvalue weighted by Crippen LogP contribution is 2.29. The molecule has 2 aromatic carbocycles. The van der Waals surface area contributed by atoms with Crippen molar-refractivity contribution in [3.63, 3.8) is 0 Å². The Balaban J connectivity index is 0.00000261. The van der Waals surface area contributed by atoms with E-state index < -0.39 is 0 Å². The summed E-state index contributed by atoms with van der Waals surface area (Å²) in [7, 11) is 6.66. The minimum atomic E-state index is 0. The van der Waals surface area contributed by atoms with E-state index in [2.05, 4.69) is 66.4 Å². The number of aromatic nitrogens is 1. The van der Waals surface area contributed by atoms with Crippen LogP contribution in [-0.2, 0) is 0 Å². The molecule has 0 aliphatic heterocycles. The third-order valence-corrected chi connectivity index (χ3v) is 5.09. The molecule has 7 heteroatoms. The molecule has 144 valence electrons. The van der Waals surface area contributed by atoms with Gasteiger partial charge in [-0.05, 0) is 43.3 Å². The summed E-state index contributed by atoms with van der Waals surface area (Å²) in [6.07, 6.45) is 0. The number of thiazole rings is 1. The second-order valence-electron chi connectivity index (χ2n) is 7.27. The largest absolute Gasteiger partial charge is 1.00 e. The molecule has 0 unspecified atom stereocenters. The number of likely N-dealkylation sites (N-methyl/N-ethyl adjacent to an activating group) is 2. The van der Waals surface area contributed by atoms with Gasteiger partial charge in [0.05, 0.1) is 50.1 Å². The van der Waals surface area contributed by atoms with Gasteiger partial charge in [0.25, 0.3) is 0 Å². The lowest BCUT2D eigenvalue weighted by Gasteiger charge is -2.29. The monoisotopic (exact) mass is 447 g/mol. The van der Waals surface area contributed by atoms with Gasteiger partial charge in [0.1, 0.15) is 0 Å². The van der Waals surface area contributed by atoms with Crippen LogP contribution < -0.4 is 21.9 Å². The predicted octanol–water partition coefficient (Wildman–Crippen LogP) is 2.25. The van der Waals surface area contributed by atoms with Gasteiger partial charge >= 0.3 is 0 Å². The molecule has 0 bridgehead atoms. The van der Waals surface area contributed by atoms with Gasteiger partial charge in [-0.2, -0.15) is 0 Å². The van der Waals surface area contributed by atoms with Crippen molar-refractivity contribution in [3.05, 3.63) is 48.5 Å². The van der Waals surface area contributed by atoms with E-state index in [0.717, 1.165) is 40.0 Å². The molecule has 5 nitrogen and oxygen atoms in total. The Hall–Kier alpha value is -1.83. The summed E-state index contributed by atoms with van der Waals surface area (Å²) in [6.45, 7) is 5.32. The summed E-state index contributed by atoms with van der Waals surface area (Å²) in [4.78, 5) is 6.87. The molecule has 0 N–H and O–H groups in total. The summed E-state index contributed by atoms with van der Waals surface area (Å²) in [6, 6.07) is 16.3. The summed E-state index contributed by atoms with van der Waals surface area (Å²) in [5, 5.41) is 9.32. The SMILES string of the molecule is CCN(CC[N+](C)(C)C)c1ccc(/N=N/c2nc3ccccc3s2)cc1.[Br-]. The lowest BCUT2D eigenvalue weighted by Crippen LogP contribution is -3.00. The van der Waals surface area contributed by atoms with Crippen LogP contribution in [0.5, 0.6) is 0 Å². The Morgan fingerprint density at radius 2 is 1.70 bits per heavy atom. The van der Waals surface area contributed by atoms with Crippen LogP contribution in [-0.4, -0.2) is 50.2 Å². The van der Waals surface area contributed by atoms with E-state index in [9.17, 15) is 0 Å². The molecule has 0 radical (unpaired) electrons. The van der Waals surface area contributed by atoms with E-state index in [0.29, 0.717) is 5.13 Å². The van der Waals surface area contributed by atoms with Gasteiger partial charge in [0, 0.05) is 12.2 Å². The van der Waals surface area contributed by atoms with Crippen LogP contribution in [0, 0.1) is 0 Å². The molecule has 0 atom stereocenters. The maximum absolute atomic E-state index is 4.48. The first-order valence-corrected chi connectivity index (χ1v) is 9.69. The summed E-state index contributed by atoms with van der Waals surface area (Å²) >= 11 is 1.56. The second kappa shape index (κ2) is 9.39. The van der Waals surface area contributed by atoms with Crippen LogP contribution in [0.1, 0.15) is 6.92 Å². The predicted molar refractivity (Wildman–Crippen MR) is 111 cm³/mol. The van der Waals surface area contributed by atoms with Crippen LogP contribution >= 0.6 is 11.3 Å². The molecule has 27 heavy (non-hydrogen) atoms. The number of hydrogen-bond donors (Lipinski definition) is 0. The fraction of sp³-hybridized carbons (Fsp3) is 0.350. The Kier molecular flexibility index (Phi) is 7.47. The molecule has 0 saturated heterocycles. The number of para-hydroxylation sites is 1. The highest BCUT2D eigenvalue weighted by molar-refractivity contribution is 7.21. The molecule has 0 aliphatic carbocycles. The number of nitrogens with zero attached hydrogens (tertiary/aromatic N) is 5. The van der Waals surface area contributed by atoms with Crippen molar-refractivity contribution in [1.29, 1.82) is 0 Å². The molecule has 0 spiro atoms. The van der Waals surface area contributed by atoms with E-state index in [1.165, 1.54) is 5.69 Å². The summed E-state index contributed by atoms with van der Waals surface area (Å²) in [5.74, 6) is 0. The van der Waals surface area contributed by atoms with E-state index in [1.54, 1.807) is 11.3 Å². The summed E-state index contributed by atoms with van der Waals surface area (Å²) in [5.41, 5.74) is 3.04. The number of anilines is 1. The maximum atomic E-state index is 4.48. The zero-order chi connectivity index (χ0) is 18.6. The van der Waals surface area contributed by atoms with Gasteiger partial charge in [-0.25, -0.2) is 4.98 Å². The standard InChI is InChI=1S/C20H26N5S.BrH/c1-5-24(14-15-25(2,3)4)17-12-10-16(11-13-17)22-23-20-21-18-8-6-7-9-19(18)26-20;/h6-13H,5,14-15H2,1-4H3;1H/q+1;/p-1/b23-22+;. The average Bonchev–Trinajstić information content (AvgIpc) is 3.03. The number of benzene rings is 2. The lowest BCUT2D eigenvalue weighted by atomic mass is 10.2. The smallest absolute Gasteiger partial charge is 0.231 e. The molecule has 0 amide bonds. The molecule has 0 saturated carbocycles.